The molecule has 1 fully saturated rings. The number of hydrogen-bond acceptors (Lipinski definition) is 3. The predicted octanol–water partition coefficient (Wildman–Crippen LogP) is 2.37. The molecule has 142 valence electrons. The Morgan fingerprint density at radius 1 is 1.19 bits per heavy atom. The Bertz CT molecular complexity index is 652. The number of carbonyl (C=O) groups excluding carboxylic acids is 2. The first-order chi connectivity index (χ1) is 12.5. The van der Waals surface area contributed by atoms with Crippen LogP contribution in [0, 0.1) is 5.92 Å². The van der Waals surface area contributed by atoms with Crippen molar-refractivity contribution in [3.63, 3.8) is 0 Å². The van der Waals surface area contributed by atoms with Crippen LogP contribution in [0.25, 0.3) is 0 Å². The number of fused-ring (bicyclic) bond motifs is 1. The van der Waals surface area contributed by atoms with Crippen LogP contribution >= 0.6 is 0 Å². The van der Waals surface area contributed by atoms with E-state index in [0.29, 0.717) is 13.0 Å². The molecule has 0 aromatic heterocycles. The number of nitrogens with two attached hydrogens (primary N) is 1. The van der Waals surface area contributed by atoms with Crippen molar-refractivity contribution in [1.82, 2.24) is 10.2 Å². The van der Waals surface area contributed by atoms with Crippen LogP contribution in [0.2, 0.25) is 0 Å². The Labute approximate surface area is 156 Å². The monoisotopic (exact) mass is 357 g/mol. The van der Waals surface area contributed by atoms with Crippen molar-refractivity contribution in [2.75, 3.05) is 0 Å². The van der Waals surface area contributed by atoms with Crippen molar-refractivity contribution in [1.29, 1.82) is 0 Å². The summed E-state index contributed by atoms with van der Waals surface area (Å²) in [7, 11) is 0. The average molecular weight is 357 g/mol. The molecule has 1 heterocycles. The van der Waals surface area contributed by atoms with Gasteiger partial charge in [-0.25, -0.2) is 0 Å². The Kier molecular flexibility index (Phi) is 5.97. The van der Waals surface area contributed by atoms with Crippen molar-refractivity contribution in [2.45, 2.75) is 77.0 Å². The Balaban J connectivity index is 1.77. The number of amides is 2. The molecular formula is C21H31N3O2. The molecule has 1 aliphatic heterocycles. The van der Waals surface area contributed by atoms with E-state index in [1.807, 2.05) is 26.0 Å². The molecule has 0 radical (unpaired) electrons. The van der Waals surface area contributed by atoms with Crippen LogP contribution in [0.4, 0.5) is 0 Å². The molecule has 2 unspecified atom stereocenters. The molecule has 1 aromatic carbocycles. The topological polar surface area (TPSA) is 75.4 Å². The van der Waals surface area contributed by atoms with E-state index in [9.17, 15) is 9.59 Å². The molecule has 2 amide bonds. The van der Waals surface area contributed by atoms with Gasteiger partial charge in [0.15, 0.2) is 0 Å². The van der Waals surface area contributed by atoms with Gasteiger partial charge in [0.2, 0.25) is 11.8 Å². The lowest BCUT2D eigenvalue weighted by molar-refractivity contribution is -0.145. The first kappa shape index (κ1) is 18.9. The molecule has 3 rings (SSSR count). The second-order valence-corrected chi connectivity index (χ2v) is 7.88. The van der Waals surface area contributed by atoms with Crippen LogP contribution in [0.5, 0.6) is 0 Å². The van der Waals surface area contributed by atoms with Crippen molar-refractivity contribution < 1.29 is 9.59 Å². The summed E-state index contributed by atoms with van der Waals surface area (Å²) in [6.45, 7) is 4.48. The zero-order chi connectivity index (χ0) is 18.7. The zero-order valence-corrected chi connectivity index (χ0v) is 15.9. The van der Waals surface area contributed by atoms with E-state index in [2.05, 4.69) is 17.4 Å². The third kappa shape index (κ3) is 4.09. The van der Waals surface area contributed by atoms with E-state index >= 15 is 0 Å². The normalized spacial score (nSPS) is 26.7. The highest BCUT2D eigenvalue weighted by atomic mass is 16.2. The van der Waals surface area contributed by atoms with Gasteiger partial charge >= 0.3 is 0 Å². The highest BCUT2D eigenvalue weighted by Gasteiger charge is 2.36. The lowest BCUT2D eigenvalue weighted by Gasteiger charge is -2.38. The standard InChI is InChI=1S/C21H31N3O2/c1-3-14(2)21(26)24-13-16-7-5-4-6-15(16)12-19(24)20(25)23-18-10-8-17(22)9-11-18/h4-7,14,17-19H,3,8-13,22H2,1-2H3,(H,23,25). The van der Waals surface area contributed by atoms with Crippen molar-refractivity contribution in [3.8, 4) is 0 Å². The van der Waals surface area contributed by atoms with Gasteiger partial charge in [-0.15, -0.1) is 0 Å². The van der Waals surface area contributed by atoms with Gasteiger partial charge in [0.05, 0.1) is 0 Å². The fourth-order valence-corrected chi connectivity index (χ4v) is 4.01. The van der Waals surface area contributed by atoms with Gasteiger partial charge < -0.3 is 16.0 Å². The van der Waals surface area contributed by atoms with Gasteiger partial charge in [0.1, 0.15) is 6.04 Å². The summed E-state index contributed by atoms with van der Waals surface area (Å²) in [5.41, 5.74) is 8.29. The van der Waals surface area contributed by atoms with Crippen molar-refractivity contribution in [2.24, 2.45) is 11.7 Å². The fourth-order valence-electron chi connectivity index (χ4n) is 4.01. The molecule has 2 atom stereocenters. The van der Waals surface area contributed by atoms with Crippen LogP contribution in [0.3, 0.4) is 0 Å². The summed E-state index contributed by atoms with van der Waals surface area (Å²) in [5, 5.41) is 3.19. The highest BCUT2D eigenvalue weighted by molar-refractivity contribution is 5.89. The number of nitrogens with zero attached hydrogens (tertiary/aromatic N) is 1. The van der Waals surface area contributed by atoms with E-state index in [0.717, 1.165) is 37.7 Å². The maximum Gasteiger partial charge on any atom is 0.243 e. The molecule has 3 N–H and O–H groups in total. The van der Waals surface area contributed by atoms with Crippen molar-refractivity contribution >= 4 is 11.8 Å². The van der Waals surface area contributed by atoms with E-state index in [4.69, 9.17) is 5.73 Å². The Morgan fingerprint density at radius 3 is 2.50 bits per heavy atom. The van der Waals surface area contributed by atoms with E-state index in [1.165, 1.54) is 5.56 Å². The van der Waals surface area contributed by atoms with Gasteiger partial charge in [0.25, 0.3) is 0 Å². The highest BCUT2D eigenvalue weighted by Crippen LogP contribution is 2.26. The second-order valence-electron chi connectivity index (χ2n) is 7.88. The molecule has 1 saturated carbocycles. The minimum Gasteiger partial charge on any atom is -0.352 e. The maximum absolute atomic E-state index is 13.0. The fraction of sp³-hybridized carbons (Fsp3) is 0.619. The average Bonchev–Trinajstić information content (AvgIpc) is 2.67. The Morgan fingerprint density at radius 2 is 1.85 bits per heavy atom. The zero-order valence-electron chi connectivity index (χ0n) is 15.9. The van der Waals surface area contributed by atoms with Gasteiger partial charge in [-0.2, -0.15) is 0 Å². The molecule has 1 aromatic rings. The maximum atomic E-state index is 13.0. The number of carbonyl (C=O) groups is 2. The first-order valence-electron chi connectivity index (χ1n) is 9.92. The molecule has 1 aliphatic carbocycles. The summed E-state index contributed by atoms with van der Waals surface area (Å²) >= 11 is 0. The molecule has 0 bridgehead atoms. The van der Waals surface area contributed by atoms with E-state index in [1.54, 1.807) is 4.90 Å². The Hall–Kier alpha value is -1.88. The van der Waals surface area contributed by atoms with Crippen LogP contribution in [-0.4, -0.2) is 34.8 Å². The summed E-state index contributed by atoms with van der Waals surface area (Å²) in [6.07, 6.45) is 5.13. The predicted molar refractivity (Wildman–Crippen MR) is 102 cm³/mol. The van der Waals surface area contributed by atoms with Gasteiger partial charge in [0, 0.05) is 31.0 Å². The molecule has 5 heteroatoms. The molecule has 0 spiro atoms. The minimum absolute atomic E-state index is 0.0170. The van der Waals surface area contributed by atoms with Gasteiger partial charge in [-0.05, 0) is 43.2 Å². The van der Waals surface area contributed by atoms with E-state index in [-0.39, 0.29) is 29.8 Å². The quantitative estimate of drug-likeness (QED) is 0.869. The number of nitrogens with one attached hydrogen (secondary N) is 1. The van der Waals surface area contributed by atoms with Gasteiger partial charge in [-0.1, -0.05) is 38.1 Å². The first-order valence-corrected chi connectivity index (χ1v) is 9.92. The molecule has 26 heavy (non-hydrogen) atoms. The summed E-state index contributed by atoms with van der Waals surface area (Å²) < 4.78 is 0. The summed E-state index contributed by atoms with van der Waals surface area (Å²) in [4.78, 5) is 27.8. The number of hydrogen-bond donors (Lipinski definition) is 2. The second kappa shape index (κ2) is 8.21. The van der Waals surface area contributed by atoms with Crippen LogP contribution in [0.15, 0.2) is 24.3 Å². The third-order valence-corrected chi connectivity index (χ3v) is 5.99. The lowest BCUT2D eigenvalue weighted by atomic mass is 9.89. The van der Waals surface area contributed by atoms with Crippen LogP contribution in [-0.2, 0) is 22.6 Å². The lowest BCUT2D eigenvalue weighted by Crippen LogP contribution is -2.55. The SMILES string of the molecule is CCC(C)C(=O)N1Cc2ccccc2CC1C(=O)NC1CCC(N)CC1. The van der Waals surface area contributed by atoms with Crippen LogP contribution in [0.1, 0.15) is 57.1 Å². The molecule has 5 nitrogen and oxygen atoms in total. The molecule has 0 saturated heterocycles. The van der Waals surface area contributed by atoms with Crippen molar-refractivity contribution in [3.05, 3.63) is 35.4 Å². The number of rotatable bonds is 4. The summed E-state index contributed by atoms with van der Waals surface area (Å²) in [6, 6.07) is 8.15. The van der Waals surface area contributed by atoms with E-state index < -0.39 is 6.04 Å². The third-order valence-electron chi connectivity index (χ3n) is 5.99. The molecule has 2 aliphatic rings. The number of benzene rings is 1. The van der Waals surface area contributed by atoms with Crippen LogP contribution < -0.4 is 11.1 Å². The van der Waals surface area contributed by atoms with Gasteiger partial charge in [-0.3, -0.25) is 9.59 Å². The summed E-state index contributed by atoms with van der Waals surface area (Å²) in [5.74, 6) is -0.00677. The minimum atomic E-state index is -0.415. The molecular weight excluding hydrogens is 326 g/mol. The smallest absolute Gasteiger partial charge is 0.243 e. The largest absolute Gasteiger partial charge is 0.352 e.